The molecule has 1 heterocycles. The van der Waals surface area contributed by atoms with Gasteiger partial charge in [-0.3, -0.25) is 4.79 Å². The largest absolute Gasteiger partial charge is 0.462 e. The molecule has 3 aromatic rings. The Hall–Kier alpha value is -2.28. The summed E-state index contributed by atoms with van der Waals surface area (Å²) in [6.07, 6.45) is 0.325. The van der Waals surface area contributed by atoms with Crippen LogP contribution in [-0.2, 0) is 9.53 Å². The molecular formula is C22H20ClNO3S2. The van der Waals surface area contributed by atoms with Crippen LogP contribution in [0.25, 0.3) is 10.4 Å². The molecule has 1 N–H and O–H groups in total. The van der Waals surface area contributed by atoms with E-state index in [1.165, 1.54) is 11.3 Å². The molecule has 4 nitrogen and oxygen atoms in total. The number of carbonyl (C=O) groups excluding carboxylic acids is 2. The van der Waals surface area contributed by atoms with Crippen molar-refractivity contribution in [3.8, 4) is 10.4 Å². The van der Waals surface area contributed by atoms with E-state index in [0.29, 0.717) is 27.8 Å². The van der Waals surface area contributed by atoms with Crippen molar-refractivity contribution in [2.75, 3.05) is 17.7 Å². The second-order valence-electron chi connectivity index (χ2n) is 6.04. The second kappa shape index (κ2) is 10.5. The number of hydrogen-bond acceptors (Lipinski definition) is 5. The van der Waals surface area contributed by atoms with Gasteiger partial charge in [0.15, 0.2) is 0 Å². The molecule has 150 valence electrons. The summed E-state index contributed by atoms with van der Waals surface area (Å²) in [7, 11) is 0. The number of carbonyl (C=O) groups is 2. The number of halogens is 1. The van der Waals surface area contributed by atoms with E-state index >= 15 is 0 Å². The minimum atomic E-state index is -0.425. The van der Waals surface area contributed by atoms with E-state index in [-0.39, 0.29) is 12.5 Å². The Bertz CT molecular complexity index is 971. The lowest BCUT2D eigenvalue weighted by Crippen LogP contribution is -2.14. The predicted molar refractivity (Wildman–Crippen MR) is 121 cm³/mol. The minimum absolute atomic E-state index is 0.144. The maximum absolute atomic E-state index is 12.4. The molecule has 0 aliphatic rings. The Balaban J connectivity index is 1.67. The molecule has 0 radical (unpaired) electrons. The van der Waals surface area contributed by atoms with Crippen LogP contribution in [0.5, 0.6) is 0 Å². The lowest BCUT2D eigenvalue weighted by molar-refractivity contribution is -0.115. The molecule has 0 unspecified atom stereocenters. The first-order chi connectivity index (χ1) is 14.1. The fourth-order valence-electron chi connectivity index (χ4n) is 2.58. The lowest BCUT2D eigenvalue weighted by atomic mass is 10.2. The van der Waals surface area contributed by atoms with E-state index in [1.54, 1.807) is 18.7 Å². The minimum Gasteiger partial charge on any atom is -0.462 e. The van der Waals surface area contributed by atoms with Gasteiger partial charge in [0.2, 0.25) is 5.91 Å². The summed E-state index contributed by atoms with van der Waals surface area (Å²) in [5, 5.41) is 3.56. The lowest BCUT2D eigenvalue weighted by Gasteiger charge is -2.06. The zero-order valence-corrected chi connectivity index (χ0v) is 18.2. The van der Waals surface area contributed by atoms with Gasteiger partial charge in [0.05, 0.1) is 12.3 Å². The summed E-state index contributed by atoms with van der Waals surface area (Å²) in [5.41, 5.74) is 1.48. The third-order valence-electron chi connectivity index (χ3n) is 3.94. The molecule has 0 fully saturated rings. The van der Waals surface area contributed by atoms with Gasteiger partial charge in [0.25, 0.3) is 0 Å². The smallest absolute Gasteiger partial charge is 0.350 e. The molecule has 0 aliphatic carbocycles. The van der Waals surface area contributed by atoms with Crippen LogP contribution in [0.4, 0.5) is 5.69 Å². The van der Waals surface area contributed by atoms with Crippen LogP contribution in [0.15, 0.2) is 65.6 Å². The van der Waals surface area contributed by atoms with Gasteiger partial charge in [-0.1, -0.05) is 41.9 Å². The van der Waals surface area contributed by atoms with Crippen molar-refractivity contribution >= 4 is 52.3 Å². The highest BCUT2D eigenvalue weighted by molar-refractivity contribution is 7.99. The van der Waals surface area contributed by atoms with Crippen LogP contribution >= 0.6 is 34.7 Å². The average molecular weight is 446 g/mol. The number of amides is 1. The van der Waals surface area contributed by atoms with Gasteiger partial charge in [0.1, 0.15) is 4.88 Å². The standard InChI is InChI=1S/C22H20ClNO3S2/c1-2-27-22(26)21-18(14-19(29-21)15-6-4-3-5-7-15)24-20(25)12-13-28-17-10-8-16(23)9-11-17/h3-11,14H,2,12-13H2,1H3,(H,24,25). The number of thioether (sulfide) groups is 1. The molecule has 3 rings (SSSR count). The van der Waals surface area contributed by atoms with Gasteiger partial charge in [-0.15, -0.1) is 23.1 Å². The summed E-state index contributed by atoms with van der Waals surface area (Å²) in [4.78, 5) is 27.1. The summed E-state index contributed by atoms with van der Waals surface area (Å²) in [6, 6.07) is 19.1. The maximum Gasteiger partial charge on any atom is 0.350 e. The molecule has 7 heteroatoms. The van der Waals surface area contributed by atoms with E-state index < -0.39 is 5.97 Å². The maximum atomic E-state index is 12.4. The fourth-order valence-corrected chi connectivity index (χ4v) is 4.57. The summed E-state index contributed by atoms with van der Waals surface area (Å²) < 4.78 is 5.15. The first-order valence-corrected chi connectivity index (χ1v) is 11.3. The Morgan fingerprint density at radius 3 is 2.52 bits per heavy atom. The number of rotatable bonds is 8. The monoisotopic (exact) mass is 445 g/mol. The zero-order chi connectivity index (χ0) is 20.6. The molecule has 0 saturated carbocycles. The van der Waals surface area contributed by atoms with E-state index in [0.717, 1.165) is 15.3 Å². The van der Waals surface area contributed by atoms with Crippen molar-refractivity contribution in [3.05, 3.63) is 70.6 Å². The molecule has 0 saturated heterocycles. The van der Waals surface area contributed by atoms with Gasteiger partial charge in [-0.25, -0.2) is 4.79 Å². The molecule has 1 aromatic heterocycles. The van der Waals surface area contributed by atoms with Crippen molar-refractivity contribution in [3.63, 3.8) is 0 Å². The highest BCUT2D eigenvalue weighted by Gasteiger charge is 2.20. The number of anilines is 1. The fraction of sp³-hybridized carbons (Fsp3) is 0.182. The first kappa shape index (κ1) is 21.4. The number of ether oxygens (including phenoxy) is 1. The van der Waals surface area contributed by atoms with Gasteiger partial charge < -0.3 is 10.1 Å². The molecule has 0 atom stereocenters. The zero-order valence-electron chi connectivity index (χ0n) is 15.8. The molecule has 0 aliphatic heterocycles. The van der Waals surface area contributed by atoms with E-state index in [9.17, 15) is 9.59 Å². The van der Waals surface area contributed by atoms with Crippen molar-refractivity contribution in [2.24, 2.45) is 0 Å². The van der Waals surface area contributed by atoms with Crippen molar-refractivity contribution in [1.29, 1.82) is 0 Å². The third kappa shape index (κ3) is 6.10. The van der Waals surface area contributed by atoms with Crippen LogP contribution in [0.2, 0.25) is 5.02 Å². The summed E-state index contributed by atoms with van der Waals surface area (Å²) in [6.45, 7) is 2.04. The summed E-state index contributed by atoms with van der Waals surface area (Å²) >= 11 is 8.78. The predicted octanol–water partition coefficient (Wildman–Crippen LogP) is 6.37. The van der Waals surface area contributed by atoms with E-state index in [4.69, 9.17) is 16.3 Å². The van der Waals surface area contributed by atoms with Gasteiger partial charge >= 0.3 is 5.97 Å². The molecule has 29 heavy (non-hydrogen) atoms. The van der Waals surface area contributed by atoms with E-state index in [2.05, 4.69) is 5.32 Å². The third-order valence-corrected chi connectivity index (χ3v) is 6.37. The average Bonchev–Trinajstić information content (AvgIpc) is 3.14. The first-order valence-electron chi connectivity index (χ1n) is 9.11. The quantitative estimate of drug-likeness (QED) is 0.323. The van der Waals surface area contributed by atoms with Crippen LogP contribution < -0.4 is 5.32 Å². The van der Waals surface area contributed by atoms with Gasteiger partial charge in [-0.2, -0.15) is 0 Å². The number of nitrogens with one attached hydrogen (secondary N) is 1. The Morgan fingerprint density at radius 2 is 1.83 bits per heavy atom. The molecule has 1 amide bonds. The highest BCUT2D eigenvalue weighted by atomic mass is 35.5. The van der Waals surface area contributed by atoms with Gasteiger partial charge in [0, 0.05) is 27.0 Å². The van der Waals surface area contributed by atoms with Crippen molar-refractivity contribution in [2.45, 2.75) is 18.2 Å². The van der Waals surface area contributed by atoms with Gasteiger partial charge in [-0.05, 0) is 42.8 Å². The van der Waals surface area contributed by atoms with Crippen LogP contribution in [0.1, 0.15) is 23.0 Å². The Morgan fingerprint density at radius 1 is 1.10 bits per heavy atom. The SMILES string of the molecule is CCOC(=O)c1sc(-c2ccccc2)cc1NC(=O)CCSc1ccc(Cl)cc1. The Kier molecular flexibility index (Phi) is 7.75. The topological polar surface area (TPSA) is 55.4 Å². The number of thiophene rings is 1. The number of hydrogen-bond donors (Lipinski definition) is 1. The van der Waals surface area contributed by atoms with Crippen molar-refractivity contribution < 1.29 is 14.3 Å². The molecular weight excluding hydrogens is 426 g/mol. The highest BCUT2D eigenvalue weighted by Crippen LogP contribution is 2.35. The molecule has 0 spiro atoms. The number of esters is 1. The Labute approximate surface area is 183 Å². The second-order valence-corrected chi connectivity index (χ2v) is 8.70. The normalized spacial score (nSPS) is 10.6. The van der Waals surface area contributed by atoms with E-state index in [1.807, 2.05) is 60.7 Å². The molecule has 2 aromatic carbocycles. The number of benzene rings is 2. The van der Waals surface area contributed by atoms with Crippen LogP contribution in [0.3, 0.4) is 0 Å². The molecule has 0 bridgehead atoms. The van der Waals surface area contributed by atoms with Crippen LogP contribution in [0, 0.1) is 0 Å². The van der Waals surface area contributed by atoms with Crippen LogP contribution in [-0.4, -0.2) is 24.2 Å². The summed E-state index contributed by atoms with van der Waals surface area (Å²) in [5.74, 6) is 0.0534. The van der Waals surface area contributed by atoms with Crippen molar-refractivity contribution in [1.82, 2.24) is 0 Å².